The summed E-state index contributed by atoms with van der Waals surface area (Å²) in [6.45, 7) is 2.03. The highest BCUT2D eigenvalue weighted by molar-refractivity contribution is 6.16. The van der Waals surface area contributed by atoms with Gasteiger partial charge in [0, 0.05) is 6.20 Å². The van der Waals surface area contributed by atoms with Crippen LogP contribution in [0.15, 0.2) is 36.5 Å². The molecule has 0 aliphatic heterocycles. The lowest BCUT2D eigenvalue weighted by molar-refractivity contribution is 0.414. The van der Waals surface area contributed by atoms with Gasteiger partial charge >= 0.3 is 0 Å². The second-order valence-corrected chi connectivity index (χ2v) is 4.76. The first-order chi connectivity index (χ1) is 9.74. The lowest BCUT2D eigenvalue weighted by atomic mass is 10.2. The highest BCUT2D eigenvalue weighted by Crippen LogP contribution is 2.26. The molecule has 0 aliphatic rings. The molecule has 20 heavy (non-hydrogen) atoms. The highest BCUT2D eigenvalue weighted by Gasteiger charge is 2.14. The lowest BCUT2D eigenvalue weighted by Crippen LogP contribution is -2.02. The van der Waals surface area contributed by atoms with E-state index in [1.165, 1.54) is 0 Å². The molecule has 3 aromatic rings. The van der Waals surface area contributed by atoms with Crippen LogP contribution in [0.3, 0.4) is 0 Å². The summed E-state index contributed by atoms with van der Waals surface area (Å²) in [6, 6.07) is 9.73. The molecular formula is C15H14ClN3O. The molecule has 4 nitrogen and oxygen atoms in total. The van der Waals surface area contributed by atoms with Crippen LogP contribution in [0.4, 0.5) is 0 Å². The first kappa shape index (κ1) is 12.9. The molecule has 0 saturated carbocycles. The smallest absolute Gasteiger partial charge is 0.164 e. The topological polar surface area (TPSA) is 39.9 Å². The van der Waals surface area contributed by atoms with Crippen molar-refractivity contribution in [3.8, 4) is 11.4 Å². The Kier molecular flexibility index (Phi) is 3.32. The minimum atomic E-state index is 0.335. The minimum Gasteiger partial charge on any atom is -0.497 e. The summed E-state index contributed by atoms with van der Waals surface area (Å²) in [5.74, 6) is 1.95. The number of nitrogens with zero attached hydrogens (tertiary/aromatic N) is 3. The van der Waals surface area contributed by atoms with Crippen LogP contribution in [0.5, 0.6) is 5.75 Å². The Morgan fingerprint density at radius 2 is 2.15 bits per heavy atom. The van der Waals surface area contributed by atoms with Crippen molar-refractivity contribution in [3.05, 3.63) is 47.9 Å². The summed E-state index contributed by atoms with van der Waals surface area (Å²) >= 11 is 6.03. The highest BCUT2D eigenvalue weighted by atomic mass is 35.5. The first-order valence-electron chi connectivity index (χ1n) is 6.28. The Morgan fingerprint density at radius 3 is 2.85 bits per heavy atom. The van der Waals surface area contributed by atoms with Crippen molar-refractivity contribution in [2.75, 3.05) is 7.11 Å². The predicted octanol–water partition coefficient (Wildman–Crippen LogP) is 3.48. The number of fused-ring (bicyclic) bond motifs is 1. The van der Waals surface area contributed by atoms with E-state index in [4.69, 9.17) is 16.3 Å². The molecular weight excluding hydrogens is 274 g/mol. The molecule has 0 unspecified atom stereocenters. The van der Waals surface area contributed by atoms with Crippen LogP contribution < -0.4 is 4.74 Å². The fraction of sp³-hybridized carbons (Fsp3) is 0.200. The normalized spacial score (nSPS) is 10.9. The van der Waals surface area contributed by atoms with Gasteiger partial charge in [-0.3, -0.25) is 4.57 Å². The number of pyridine rings is 1. The molecule has 3 rings (SSSR count). The van der Waals surface area contributed by atoms with E-state index >= 15 is 0 Å². The molecule has 0 saturated heterocycles. The zero-order valence-corrected chi connectivity index (χ0v) is 12.1. The summed E-state index contributed by atoms with van der Waals surface area (Å²) in [6.07, 6.45) is 1.76. The van der Waals surface area contributed by atoms with Crippen molar-refractivity contribution < 1.29 is 4.74 Å². The van der Waals surface area contributed by atoms with Gasteiger partial charge in [0.1, 0.15) is 17.1 Å². The maximum atomic E-state index is 6.03. The number of halogens is 1. The molecule has 102 valence electrons. The number of alkyl halides is 1. The number of hydrogen-bond acceptors (Lipinski definition) is 3. The zero-order valence-electron chi connectivity index (χ0n) is 11.3. The van der Waals surface area contributed by atoms with E-state index in [0.717, 1.165) is 34.0 Å². The summed E-state index contributed by atoms with van der Waals surface area (Å²) in [7, 11) is 1.66. The Morgan fingerprint density at radius 1 is 1.30 bits per heavy atom. The first-order valence-corrected chi connectivity index (χ1v) is 6.81. The van der Waals surface area contributed by atoms with Gasteiger partial charge in [-0.25, -0.2) is 9.97 Å². The largest absolute Gasteiger partial charge is 0.497 e. The average Bonchev–Trinajstić information content (AvgIpc) is 2.85. The fourth-order valence-corrected chi connectivity index (χ4v) is 2.49. The zero-order chi connectivity index (χ0) is 14.1. The van der Waals surface area contributed by atoms with Crippen molar-refractivity contribution in [1.82, 2.24) is 14.5 Å². The maximum Gasteiger partial charge on any atom is 0.164 e. The van der Waals surface area contributed by atoms with E-state index in [1.807, 2.05) is 41.8 Å². The standard InChI is InChI=1S/C15H14ClN3O/c1-10-8-11(20-2)5-6-13(10)19-14(9-16)18-12-4-3-7-17-15(12)19/h3-8H,9H2,1-2H3. The number of ether oxygens (including phenoxy) is 1. The van der Waals surface area contributed by atoms with E-state index in [2.05, 4.69) is 9.97 Å². The Bertz CT molecular complexity index is 767. The monoisotopic (exact) mass is 287 g/mol. The van der Waals surface area contributed by atoms with Crippen LogP contribution in [0.2, 0.25) is 0 Å². The number of aryl methyl sites for hydroxylation is 1. The van der Waals surface area contributed by atoms with Crippen LogP contribution in [0, 0.1) is 6.92 Å². The third kappa shape index (κ3) is 2.02. The van der Waals surface area contributed by atoms with Gasteiger partial charge in [0.2, 0.25) is 0 Å². The quantitative estimate of drug-likeness (QED) is 0.693. The molecule has 0 fully saturated rings. The van der Waals surface area contributed by atoms with E-state index in [9.17, 15) is 0 Å². The predicted molar refractivity (Wildman–Crippen MR) is 79.7 cm³/mol. The van der Waals surface area contributed by atoms with Crippen LogP contribution in [0.25, 0.3) is 16.9 Å². The van der Waals surface area contributed by atoms with Crippen LogP contribution in [-0.4, -0.2) is 21.6 Å². The Hall–Kier alpha value is -2.07. The number of imidazole rings is 1. The number of rotatable bonds is 3. The maximum absolute atomic E-state index is 6.03. The molecule has 0 N–H and O–H groups in total. The van der Waals surface area contributed by atoms with Gasteiger partial charge in [0.25, 0.3) is 0 Å². The second-order valence-electron chi connectivity index (χ2n) is 4.50. The van der Waals surface area contributed by atoms with Gasteiger partial charge in [0.05, 0.1) is 18.7 Å². The average molecular weight is 288 g/mol. The van der Waals surface area contributed by atoms with E-state index in [-0.39, 0.29) is 0 Å². The molecule has 2 heterocycles. The van der Waals surface area contributed by atoms with Crippen molar-refractivity contribution in [2.24, 2.45) is 0 Å². The van der Waals surface area contributed by atoms with Gasteiger partial charge < -0.3 is 4.74 Å². The number of aromatic nitrogens is 3. The van der Waals surface area contributed by atoms with E-state index < -0.39 is 0 Å². The summed E-state index contributed by atoms with van der Waals surface area (Å²) in [5.41, 5.74) is 3.76. The van der Waals surface area contributed by atoms with Crippen molar-refractivity contribution >= 4 is 22.8 Å². The molecule has 0 atom stereocenters. The number of methoxy groups -OCH3 is 1. The fourth-order valence-electron chi connectivity index (χ4n) is 2.31. The van der Waals surface area contributed by atoms with Crippen LogP contribution in [-0.2, 0) is 5.88 Å². The molecule has 0 spiro atoms. The number of benzene rings is 1. The molecule has 0 aliphatic carbocycles. The van der Waals surface area contributed by atoms with Gasteiger partial charge in [-0.1, -0.05) is 0 Å². The summed E-state index contributed by atoms with van der Waals surface area (Å²) in [5, 5.41) is 0. The van der Waals surface area contributed by atoms with Crippen molar-refractivity contribution in [3.63, 3.8) is 0 Å². The Labute approximate surface area is 122 Å². The summed E-state index contributed by atoms with van der Waals surface area (Å²) < 4.78 is 7.24. The molecule has 1 aromatic carbocycles. The molecule has 0 radical (unpaired) electrons. The third-order valence-electron chi connectivity index (χ3n) is 3.25. The lowest BCUT2D eigenvalue weighted by Gasteiger charge is -2.11. The van der Waals surface area contributed by atoms with Crippen LogP contribution >= 0.6 is 11.6 Å². The van der Waals surface area contributed by atoms with Crippen molar-refractivity contribution in [2.45, 2.75) is 12.8 Å². The molecule has 0 amide bonds. The molecule has 2 aromatic heterocycles. The van der Waals surface area contributed by atoms with Crippen LogP contribution in [0.1, 0.15) is 11.4 Å². The van der Waals surface area contributed by atoms with E-state index in [1.54, 1.807) is 13.3 Å². The minimum absolute atomic E-state index is 0.335. The molecule has 0 bridgehead atoms. The van der Waals surface area contributed by atoms with Crippen molar-refractivity contribution in [1.29, 1.82) is 0 Å². The van der Waals surface area contributed by atoms with E-state index in [0.29, 0.717) is 5.88 Å². The SMILES string of the molecule is COc1ccc(-n2c(CCl)nc3cccnc32)c(C)c1. The van der Waals surface area contributed by atoms with Gasteiger partial charge in [-0.15, -0.1) is 11.6 Å². The second kappa shape index (κ2) is 5.13. The summed E-state index contributed by atoms with van der Waals surface area (Å²) in [4.78, 5) is 8.95. The number of hydrogen-bond donors (Lipinski definition) is 0. The third-order valence-corrected chi connectivity index (χ3v) is 3.49. The van der Waals surface area contributed by atoms with Gasteiger partial charge in [-0.05, 0) is 42.8 Å². The van der Waals surface area contributed by atoms with Gasteiger partial charge in [-0.2, -0.15) is 0 Å². The van der Waals surface area contributed by atoms with Gasteiger partial charge in [0.15, 0.2) is 5.65 Å². The molecule has 5 heteroatoms. The Balaban J connectivity index is 2.28.